The number of nitrogens with one attached hydrogen (secondary N) is 1. The Hall–Kier alpha value is -1.98. The van der Waals surface area contributed by atoms with Crippen molar-refractivity contribution in [3.63, 3.8) is 0 Å². The molecule has 3 N–H and O–H groups in total. The summed E-state index contributed by atoms with van der Waals surface area (Å²) in [6, 6.07) is 8.78. The van der Waals surface area contributed by atoms with Crippen LogP contribution in [0.1, 0.15) is 42.2 Å². The second-order valence-corrected chi connectivity index (χ2v) is 6.92. The quantitative estimate of drug-likeness (QED) is 0.748. The topological polar surface area (TPSA) is 64.4 Å². The first-order valence-electron chi connectivity index (χ1n) is 7.59. The molecule has 7 heteroatoms. The molecule has 3 rings (SSSR count). The van der Waals surface area contributed by atoms with Crippen molar-refractivity contribution in [3.05, 3.63) is 58.4 Å². The third kappa shape index (κ3) is 4.17. The summed E-state index contributed by atoms with van der Waals surface area (Å²) in [7, 11) is 0. The zero-order valence-electron chi connectivity index (χ0n) is 13.8. The molecule has 0 saturated carbocycles. The van der Waals surface area contributed by atoms with Crippen molar-refractivity contribution in [1.82, 2.24) is 5.32 Å². The van der Waals surface area contributed by atoms with Crippen molar-refractivity contribution in [3.8, 4) is 5.75 Å². The Kier molecular flexibility index (Phi) is 5.49. The van der Waals surface area contributed by atoms with Gasteiger partial charge in [-0.05, 0) is 50.2 Å². The number of hydrogen-bond acceptors (Lipinski definition) is 3. The van der Waals surface area contributed by atoms with Crippen LogP contribution in [0, 0.1) is 5.82 Å². The van der Waals surface area contributed by atoms with Gasteiger partial charge in [-0.3, -0.25) is 4.79 Å². The molecule has 4 nitrogen and oxygen atoms in total. The molecule has 1 heterocycles. The minimum Gasteiger partial charge on any atom is -0.487 e. The zero-order chi connectivity index (χ0) is 17.5. The number of amides is 1. The van der Waals surface area contributed by atoms with Gasteiger partial charge in [0.2, 0.25) is 0 Å². The van der Waals surface area contributed by atoms with Gasteiger partial charge in [-0.2, -0.15) is 0 Å². The van der Waals surface area contributed by atoms with Crippen LogP contribution >= 0.6 is 24.0 Å². The lowest BCUT2D eigenvalue weighted by Gasteiger charge is -2.38. The molecular formula is C18H19Cl2FN2O2. The van der Waals surface area contributed by atoms with Gasteiger partial charge < -0.3 is 15.8 Å². The van der Waals surface area contributed by atoms with Crippen LogP contribution in [0.4, 0.5) is 10.1 Å². The largest absolute Gasteiger partial charge is 0.487 e. The van der Waals surface area contributed by atoms with E-state index < -0.39 is 11.4 Å². The van der Waals surface area contributed by atoms with E-state index in [0.717, 1.165) is 11.6 Å². The SMILES string of the molecule is CC1(C)CC(NC(=O)c2ccc(F)cc2Cl)c2cc(N)ccc2O1.Cl. The Labute approximate surface area is 156 Å². The summed E-state index contributed by atoms with van der Waals surface area (Å²) in [5.74, 6) is -0.158. The van der Waals surface area contributed by atoms with E-state index in [1.807, 2.05) is 13.8 Å². The Balaban J connectivity index is 0.00000225. The van der Waals surface area contributed by atoms with Crippen molar-refractivity contribution in [2.24, 2.45) is 0 Å². The van der Waals surface area contributed by atoms with Gasteiger partial charge in [0.05, 0.1) is 16.6 Å². The lowest BCUT2D eigenvalue weighted by Crippen LogP contribution is -2.41. The second kappa shape index (κ2) is 7.10. The molecule has 0 bridgehead atoms. The number of benzene rings is 2. The van der Waals surface area contributed by atoms with E-state index in [-0.39, 0.29) is 34.9 Å². The molecule has 1 aliphatic heterocycles. The van der Waals surface area contributed by atoms with Crippen LogP contribution in [-0.2, 0) is 0 Å². The molecule has 1 atom stereocenters. The van der Waals surface area contributed by atoms with Gasteiger partial charge in [0.1, 0.15) is 17.2 Å². The molecule has 1 amide bonds. The molecule has 2 aromatic rings. The number of halogens is 3. The third-order valence-electron chi connectivity index (χ3n) is 3.97. The molecule has 0 saturated heterocycles. The molecule has 0 aliphatic carbocycles. The summed E-state index contributed by atoms with van der Waals surface area (Å²) < 4.78 is 19.1. The minimum absolute atomic E-state index is 0. The fourth-order valence-corrected chi connectivity index (χ4v) is 3.16. The summed E-state index contributed by atoms with van der Waals surface area (Å²) in [5.41, 5.74) is 7.07. The highest BCUT2D eigenvalue weighted by molar-refractivity contribution is 6.33. The van der Waals surface area contributed by atoms with Crippen LogP contribution in [0.5, 0.6) is 5.75 Å². The molecule has 134 valence electrons. The molecule has 0 fully saturated rings. The van der Waals surface area contributed by atoms with Gasteiger partial charge in [0.25, 0.3) is 5.91 Å². The maximum atomic E-state index is 13.2. The Morgan fingerprint density at radius 2 is 2.04 bits per heavy atom. The molecule has 1 aliphatic rings. The first kappa shape index (κ1) is 19.3. The predicted octanol–water partition coefficient (Wildman–Crippen LogP) is 4.52. The third-order valence-corrected chi connectivity index (χ3v) is 4.29. The van der Waals surface area contributed by atoms with Crippen molar-refractivity contribution in [1.29, 1.82) is 0 Å². The average Bonchev–Trinajstić information content (AvgIpc) is 2.47. The van der Waals surface area contributed by atoms with E-state index in [0.29, 0.717) is 17.9 Å². The number of nitrogens with two attached hydrogens (primary N) is 1. The number of ether oxygens (including phenoxy) is 1. The summed E-state index contributed by atoms with van der Waals surface area (Å²) in [5, 5.41) is 3.03. The Morgan fingerprint density at radius 3 is 2.72 bits per heavy atom. The number of fused-ring (bicyclic) bond motifs is 1. The lowest BCUT2D eigenvalue weighted by atomic mass is 9.89. The number of rotatable bonds is 2. The van der Waals surface area contributed by atoms with E-state index in [1.54, 1.807) is 18.2 Å². The second-order valence-electron chi connectivity index (χ2n) is 6.51. The van der Waals surface area contributed by atoms with E-state index in [2.05, 4.69) is 5.32 Å². The van der Waals surface area contributed by atoms with Crippen LogP contribution in [0.2, 0.25) is 5.02 Å². The molecule has 1 unspecified atom stereocenters. The van der Waals surface area contributed by atoms with Crippen molar-refractivity contribution < 1.29 is 13.9 Å². The van der Waals surface area contributed by atoms with Crippen LogP contribution in [0.3, 0.4) is 0 Å². The molecule has 0 spiro atoms. The highest BCUT2D eigenvalue weighted by Crippen LogP contribution is 2.40. The molecule has 25 heavy (non-hydrogen) atoms. The summed E-state index contributed by atoms with van der Waals surface area (Å²) >= 11 is 5.98. The van der Waals surface area contributed by atoms with Gasteiger partial charge in [0.15, 0.2) is 0 Å². The Morgan fingerprint density at radius 1 is 1.32 bits per heavy atom. The van der Waals surface area contributed by atoms with Crippen LogP contribution in [0.25, 0.3) is 0 Å². The highest BCUT2D eigenvalue weighted by atomic mass is 35.5. The van der Waals surface area contributed by atoms with Crippen molar-refractivity contribution >= 4 is 35.6 Å². The minimum atomic E-state index is -0.484. The highest BCUT2D eigenvalue weighted by Gasteiger charge is 2.35. The van der Waals surface area contributed by atoms with Crippen LogP contribution in [-0.4, -0.2) is 11.5 Å². The maximum absolute atomic E-state index is 13.2. The summed E-state index contributed by atoms with van der Waals surface area (Å²) in [6.45, 7) is 3.91. The number of nitrogen functional groups attached to an aromatic ring is 1. The van der Waals surface area contributed by atoms with Crippen molar-refractivity contribution in [2.45, 2.75) is 31.9 Å². The standard InChI is InChI=1S/C18H18ClFN2O2.ClH/c1-18(2)9-15(13-8-11(21)4-6-16(13)24-18)22-17(23)12-5-3-10(20)7-14(12)19;/h3-8,15H,9,21H2,1-2H3,(H,22,23);1H. The number of anilines is 1. The zero-order valence-corrected chi connectivity index (χ0v) is 15.4. The molecule has 2 aromatic carbocycles. The normalized spacial score (nSPS) is 17.7. The monoisotopic (exact) mass is 384 g/mol. The summed E-state index contributed by atoms with van der Waals surface area (Å²) in [6.07, 6.45) is 0.577. The molecule has 0 radical (unpaired) electrons. The van der Waals surface area contributed by atoms with E-state index in [9.17, 15) is 9.18 Å². The maximum Gasteiger partial charge on any atom is 0.253 e. The van der Waals surface area contributed by atoms with Gasteiger partial charge in [-0.15, -0.1) is 12.4 Å². The van der Waals surface area contributed by atoms with Gasteiger partial charge in [0, 0.05) is 17.7 Å². The fourth-order valence-electron chi connectivity index (χ4n) is 2.91. The van der Waals surface area contributed by atoms with Gasteiger partial charge in [-0.25, -0.2) is 4.39 Å². The van der Waals surface area contributed by atoms with Crippen LogP contribution < -0.4 is 15.8 Å². The first-order valence-corrected chi connectivity index (χ1v) is 7.97. The average molecular weight is 385 g/mol. The number of carbonyl (C=O) groups excluding carboxylic acids is 1. The molecular weight excluding hydrogens is 366 g/mol. The first-order chi connectivity index (χ1) is 11.2. The van der Waals surface area contributed by atoms with E-state index >= 15 is 0 Å². The van der Waals surface area contributed by atoms with E-state index in [4.69, 9.17) is 22.1 Å². The number of carbonyl (C=O) groups is 1. The summed E-state index contributed by atoms with van der Waals surface area (Å²) in [4.78, 5) is 12.6. The van der Waals surface area contributed by atoms with Gasteiger partial charge >= 0.3 is 0 Å². The fraction of sp³-hybridized carbons (Fsp3) is 0.278. The number of hydrogen-bond donors (Lipinski definition) is 2. The Bertz CT molecular complexity index is 812. The van der Waals surface area contributed by atoms with Crippen molar-refractivity contribution in [2.75, 3.05) is 5.73 Å². The lowest BCUT2D eigenvalue weighted by molar-refractivity contribution is 0.0620. The smallest absolute Gasteiger partial charge is 0.253 e. The predicted molar refractivity (Wildman–Crippen MR) is 99.0 cm³/mol. The van der Waals surface area contributed by atoms with Gasteiger partial charge in [-0.1, -0.05) is 11.6 Å². The van der Waals surface area contributed by atoms with Crippen LogP contribution in [0.15, 0.2) is 36.4 Å². The molecule has 0 aromatic heterocycles. The van der Waals surface area contributed by atoms with E-state index in [1.165, 1.54) is 12.1 Å².